The number of hydrogen-bond acceptors (Lipinski definition) is 2. The lowest BCUT2D eigenvalue weighted by Crippen LogP contribution is -2.47. The summed E-state index contributed by atoms with van der Waals surface area (Å²) in [5.74, 6) is 0.0490. The van der Waals surface area contributed by atoms with E-state index in [1.165, 1.54) is 5.56 Å². The topological polar surface area (TPSA) is 29.5 Å². The summed E-state index contributed by atoms with van der Waals surface area (Å²) >= 11 is 0. The average Bonchev–Trinajstić information content (AvgIpc) is 2.67. The monoisotopic (exact) mass is 337 g/mol. The van der Waals surface area contributed by atoms with Gasteiger partial charge in [-0.3, -0.25) is 4.79 Å². The van der Waals surface area contributed by atoms with Gasteiger partial charge in [0.2, 0.25) is 5.91 Å². The average molecular weight is 337 g/mol. The molecule has 1 saturated heterocycles. The Hall–Kier alpha value is -2.13. The van der Waals surface area contributed by atoms with Crippen LogP contribution in [0.2, 0.25) is 0 Å². The van der Waals surface area contributed by atoms with Crippen LogP contribution in [0.5, 0.6) is 0 Å². The van der Waals surface area contributed by atoms with E-state index in [2.05, 4.69) is 43.3 Å². The molecule has 25 heavy (non-hydrogen) atoms. The normalized spacial score (nSPS) is 21.8. The zero-order chi connectivity index (χ0) is 17.8. The molecular formula is C22H27NO2. The number of rotatable bonds is 4. The Morgan fingerprint density at radius 3 is 2.44 bits per heavy atom. The third kappa shape index (κ3) is 4.10. The Morgan fingerprint density at radius 2 is 1.80 bits per heavy atom. The first-order chi connectivity index (χ1) is 12.1. The number of morpholine rings is 1. The highest BCUT2D eigenvalue weighted by Gasteiger charge is 2.31. The minimum Gasteiger partial charge on any atom is -0.367 e. The van der Waals surface area contributed by atoms with E-state index >= 15 is 0 Å². The van der Waals surface area contributed by atoms with E-state index in [0.717, 1.165) is 17.5 Å². The van der Waals surface area contributed by atoms with Gasteiger partial charge in [-0.25, -0.2) is 0 Å². The van der Waals surface area contributed by atoms with Gasteiger partial charge < -0.3 is 9.64 Å². The molecule has 3 nitrogen and oxygen atoms in total. The smallest absolute Gasteiger partial charge is 0.230 e. The third-order valence-corrected chi connectivity index (χ3v) is 5.00. The van der Waals surface area contributed by atoms with Crippen LogP contribution >= 0.6 is 0 Å². The van der Waals surface area contributed by atoms with Crippen molar-refractivity contribution in [2.75, 3.05) is 13.1 Å². The number of benzene rings is 2. The summed E-state index contributed by atoms with van der Waals surface area (Å²) in [5.41, 5.74) is 3.51. The van der Waals surface area contributed by atoms with E-state index in [0.29, 0.717) is 13.1 Å². The van der Waals surface area contributed by atoms with Crippen LogP contribution in [0.4, 0.5) is 0 Å². The van der Waals surface area contributed by atoms with Gasteiger partial charge in [-0.1, -0.05) is 61.5 Å². The number of carbonyl (C=O) groups is 1. The Balaban J connectivity index is 1.73. The van der Waals surface area contributed by atoms with Crippen molar-refractivity contribution < 1.29 is 9.53 Å². The van der Waals surface area contributed by atoms with E-state index in [-0.39, 0.29) is 24.0 Å². The lowest BCUT2D eigenvalue weighted by molar-refractivity contribution is -0.146. The fraction of sp³-hybridized carbons (Fsp3) is 0.409. The van der Waals surface area contributed by atoms with Crippen molar-refractivity contribution in [1.82, 2.24) is 4.90 Å². The Bertz CT molecular complexity index is 696. The molecule has 1 fully saturated rings. The van der Waals surface area contributed by atoms with Crippen molar-refractivity contribution in [3.8, 4) is 0 Å². The lowest BCUT2D eigenvalue weighted by Gasteiger charge is -2.38. The van der Waals surface area contributed by atoms with Gasteiger partial charge in [-0.15, -0.1) is 0 Å². The second-order valence-electron chi connectivity index (χ2n) is 6.91. The molecule has 0 N–H and O–H groups in total. The van der Waals surface area contributed by atoms with Crippen LogP contribution in [0.25, 0.3) is 0 Å². The molecule has 0 bridgehead atoms. The number of hydrogen-bond donors (Lipinski definition) is 0. The van der Waals surface area contributed by atoms with Gasteiger partial charge in [-0.2, -0.15) is 0 Å². The summed E-state index contributed by atoms with van der Waals surface area (Å²) in [7, 11) is 0. The maximum Gasteiger partial charge on any atom is 0.230 e. The maximum absolute atomic E-state index is 13.0. The van der Waals surface area contributed by atoms with Crippen molar-refractivity contribution in [2.45, 2.75) is 45.3 Å². The summed E-state index contributed by atoms with van der Waals surface area (Å²) < 4.78 is 6.07. The second-order valence-corrected chi connectivity index (χ2v) is 6.91. The Labute approximate surface area is 150 Å². The van der Waals surface area contributed by atoms with Gasteiger partial charge in [0.1, 0.15) is 6.10 Å². The van der Waals surface area contributed by atoms with Gasteiger partial charge in [0, 0.05) is 6.54 Å². The molecule has 2 aromatic rings. The molecule has 0 spiro atoms. The first kappa shape index (κ1) is 17.7. The highest BCUT2D eigenvalue weighted by Crippen LogP contribution is 2.28. The first-order valence-corrected chi connectivity index (χ1v) is 9.16. The van der Waals surface area contributed by atoms with Crippen molar-refractivity contribution in [3.63, 3.8) is 0 Å². The summed E-state index contributed by atoms with van der Waals surface area (Å²) in [4.78, 5) is 15.0. The summed E-state index contributed by atoms with van der Waals surface area (Å²) in [5, 5.41) is 0. The molecule has 132 valence electrons. The molecule has 1 aliphatic rings. The molecule has 3 atom stereocenters. The zero-order valence-corrected chi connectivity index (χ0v) is 15.3. The van der Waals surface area contributed by atoms with E-state index in [1.54, 1.807) is 0 Å². The SMILES string of the molecule is CCc1ccc(C(C)C(=O)N2CC(C)OC(c3ccccc3)C2)cc1. The molecule has 3 rings (SSSR count). The molecular weight excluding hydrogens is 310 g/mol. The molecule has 0 aromatic heterocycles. The fourth-order valence-corrected chi connectivity index (χ4v) is 3.44. The number of carbonyl (C=O) groups excluding carboxylic acids is 1. The third-order valence-electron chi connectivity index (χ3n) is 5.00. The van der Waals surface area contributed by atoms with Crippen LogP contribution in [-0.4, -0.2) is 30.0 Å². The quantitative estimate of drug-likeness (QED) is 0.830. The molecule has 1 amide bonds. The molecule has 3 unspecified atom stereocenters. The molecule has 2 aromatic carbocycles. The maximum atomic E-state index is 13.0. The molecule has 0 radical (unpaired) electrons. The van der Waals surface area contributed by atoms with Crippen LogP contribution in [0.15, 0.2) is 54.6 Å². The van der Waals surface area contributed by atoms with Gasteiger partial charge in [0.25, 0.3) is 0 Å². The second kappa shape index (κ2) is 7.83. The van der Waals surface area contributed by atoms with Crippen LogP contribution in [-0.2, 0) is 16.0 Å². The van der Waals surface area contributed by atoms with Gasteiger partial charge in [0.05, 0.1) is 18.6 Å². The highest BCUT2D eigenvalue weighted by atomic mass is 16.5. The predicted molar refractivity (Wildman–Crippen MR) is 101 cm³/mol. The zero-order valence-electron chi connectivity index (χ0n) is 15.3. The van der Waals surface area contributed by atoms with Gasteiger partial charge in [-0.05, 0) is 37.0 Å². The number of nitrogens with zero attached hydrogens (tertiary/aromatic N) is 1. The minimum absolute atomic E-state index is 0.0394. The van der Waals surface area contributed by atoms with E-state index in [9.17, 15) is 4.79 Å². The molecule has 3 heteroatoms. The van der Waals surface area contributed by atoms with Gasteiger partial charge >= 0.3 is 0 Å². The lowest BCUT2D eigenvalue weighted by atomic mass is 9.97. The molecule has 0 saturated carbocycles. The fourth-order valence-electron chi connectivity index (χ4n) is 3.44. The standard InChI is InChI=1S/C22H27NO2/c1-4-18-10-12-19(13-11-18)17(3)22(24)23-14-16(2)25-21(15-23)20-8-6-5-7-9-20/h5-13,16-17,21H,4,14-15H2,1-3H3. The van der Waals surface area contributed by atoms with Crippen molar-refractivity contribution >= 4 is 5.91 Å². The first-order valence-electron chi connectivity index (χ1n) is 9.16. The van der Waals surface area contributed by atoms with E-state index in [4.69, 9.17) is 4.74 Å². The number of ether oxygens (including phenoxy) is 1. The summed E-state index contributed by atoms with van der Waals surface area (Å²) in [6.45, 7) is 7.45. The molecule has 1 heterocycles. The van der Waals surface area contributed by atoms with Crippen molar-refractivity contribution in [1.29, 1.82) is 0 Å². The highest BCUT2D eigenvalue weighted by molar-refractivity contribution is 5.83. The van der Waals surface area contributed by atoms with E-state index in [1.807, 2.05) is 36.9 Å². The summed E-state index contributed by atoms with van der Waals surface area (Å²) in [6.07, 6.45) is 1.00. The summed E-state index contributed by atoms with van der Waals surface area (Å²) in [6, 6.07) is 18.6. The van der Waals surface area contributed by atoms with Crippen LogP contribution in [0.1, 0.15) is 49.5 Å². The van der Waals surface area contributed by atoms with Crippen molar-refractivity contribution in [3.05, 3.63) is 71.3 Å². The van der Waals surface area contributed by atoms with Crippen LogP contribution < -0.4 is 0 Å². The molecule has 0 aliphatic carbocycles. The van der Waals surface area contributed by atoms with Crippen LogP contribution in [0.3, 0.4) is 0 Å². The van der Waals surface area contributed by atoms with Crippen molar-refractivity contribution in [2.24, 2.45) is 0 Å². The molecule has 1 aliphatic heterocycles. The van der Waals surface area contributed by atoms with Gasteiger partial charge in [0.15, 0.2) is 0 Å². The van der Waals surface area contributed by atoms with Crippen LogP contribution in [0, 0.1) is 0 Å². The van der Waals surface area contributed by atoms with E-state index < -0.39 is 0 Å². The minimum atomic E-state index is -0.132. The Kier molecular flexibility index (Phi) is 5.54. The number of amides is 1. The number of aryl methyl sites for hydroxylation is 1. The predicted octanol–water partition coefficient (Wildman–Crippen LogP) is 4.34. The Morgan fingerprint density at radius 1 is 1.12 bits per heavy atom. The largest absolute Gasteiger partial charge is 0.367 e.